The minimum atomic E-state index is 0.168. The number of hydrogen-bond donors (Lipinski definition) is 1. The fourth-order valence-electron chi connectivity index (χ4n) is 3.94. The van der Waals surface area contributed by atoms with Crippen LogP contribution in [0, 0.1) is 6.92 Å². The van der Waals surface area contributed by atoms with E-state index >= 15 is 0 Å². The van der Waals surface area contributed by atoms with E-state index in [9.17, 15) is 4.79 Å². The average Bonchev–Trinajstić information content (AvgIpc) is 3.16. The van der Waals surface area contributed by atoms with E-state index in [1.54, 1.807) is 11.3 Å². The maximum Gasteiger partial charge on any atom is 0.225 e. The Bertz CT molecular complexity index is 785. The molecular formula is C19H24N4O2S. The number of ketones is 1. The van der Waals surface area contributed by atoms with Crippen molar-refractivity contribution in [2.75, 3.05) is 44.2 Å². The van der Waals surface area contributed by atoms with E-state index < -0.39 is 0 Å². The van der Waals surface area contributed by atoms with Crippen molar-refractivity contribution in [3.05, 3.63) is 39.3 Å². The minimum absolute atomic E-state index is 0.168. The molecule has 3 heterocycles. The number of anilines is 1. The van der Waals surface area contributed by atoms with Crippen LogP contribution in [-0.4, -0.2) is 65.1 Å². The van der Waals surface area contributed by atoms with Crippen LogP contribution in [0.3, 0.4) is 0 Å². The van der Waals surface area contributed by atoms with Gasteiger partial charge in [0.25, 0.3) is 0 Å². The number of aliphatic hydroxyl groups is 1. The van der Waals surface area contributed by atoms with E-state index in [0.717, 1.165) is 62.0 Å². The predicted molar refractivity (Wildman–Crippen MR) is 102 cm³/mol. The molecule has 0 saturated carbocycles. The first-order valence-corrected chi connectivity index (χ1v) is 10.1. The summed E-state index contributed by atoms with van der Waals surface area (Å²) in [4.78, 5) is 27.9. The molecule has 2 aliphatic rings. The van der Waals surface area contributed by atoms with Crippen molar-refractivity contribution in [2.24, 2.45) is 0 Å². The molecular weight excluding hydrogens is 348 g/mol. The Kier molecular flexibility index (Phi) is 5.02. The van der Waals surface area contributed by atoms with E-state index in [1.807, 2.05) is 13.0 Å². The lowest BCUT2D eigenvalue weighted by atomic mass is 9.84. The van der Waals surface area contributed by atoms with Crippen LogP contribution in [0.2, 0.25) is 0 Å². The monoisotopic (exact) mass is 372 g/mol. The number of aromatic nitrogens is 2. The molecule has 2 aromatic heterocycles. The first-order chi connectivity index (χ1) is 12.7. The molecule has 2 aromatic rings. The topological polar surface area (TPSA) is 69.6 Å². The molecule has 1 atom stereocenters. The summed E-state index contributed by atoms with van der Waals surface area (Å²) in [6.07, 6.45) is 1.36. The van der Waals surface area contributed by atoms with Gasteiger partial charge in [-0.25, -0.2) is 9.97 Å². The highest BCUT2D eigenvalue weighted by atomic mass is 32.1. The highest BCUT2D eigenvalue weighted by Crippen LogP contribution is 2.35. The van der Waals surface area contributed by atoms with Crippen LogP contribution in [0.15, 0.2) is 17.5 Å². The number of carbonyl (C=O) groups is 1. The Balaban J connectivity index is 1.57. The van der Waals surface area contributed by atoms with Crippen molar-refractivity contribution in [2.45, 2.75) is 25.7 Å². The Morgan fingerprint density at radius 2 is 2.04 bits per heavy atom. The molecule has 1 fully saturated rings. The zero-order chi connectivity index (χ0) is 18.1. The van der Waals surface area contributed by atoms with Crippen LogP contribution in [-0.2, 0) is 6.42 Å². The molecule has 6 nitrogen and oxygen atoms in total. The number of aliphatic hydroxyl groups excluding tert-OH is 1. The van der Waals surface area contributed by atoms with Gasteiger partial charge in [0.1, 0.15) is 0 Å². The molecule has 1 N–H and O–H groups in total. The molecule has 1 aliphatic heterocycles. The van der Waals surface area contributed by atoms with Gasteiger partial charge in [-0.2, -0.15) is 0 Å². The summed E-state index contributed by atoms with van der Waals surface area (Å²) in [5, 5.41) is 11.2. The second-order valence-electron chi connectivity index (χ2n) is 7.03. The van der Waals surface area contributed by atoms with Gasteiger partial charge in [0, 0.05) is 49.9 Å². The molecule has 1 aliphatic carbocycles. The van der Waals surface area contributed by atoms with Crippen molar-refractivity contribution < 1.29 is 9.90 Å². The highest BCUT2D eigenvalue weighted by molar-refractivity contribution is 7.10. The molecule has 0 bridgehead atoms. The number of Topliss-reactive ketones (excluding diaryl/α,β-unsaturated/α-hetero) is 1. The van der Waals surface area contributed by atoms with Gasteiger partial charge in [-0.1, -0.05) is 6.07 Å². The lowest BCUT2D eigenvalue weighted by molar-refractivity contribution is 0.0962. The van der Waals surface area contributed by atoms with Crippen LogP contribution < -0.4 is 4.90 Å². The maximum atomic E-state index is 12.7. The number of fused-ring (bicyclic) bond motifs is 1. The largest absolute Gasteiger partial charge is 0.395 e. The van der Waals surface area contributed by atoms with Gasteiger partial charge in [-0.05, 0) is 24.8 Å². The third-order valence-electron chi connectivity index (χ3n) is 5.32. The second kappa shape index (κ2) is 7.42. The first kappa shape index (κ1) is 17.6. The van der Waals surface area contributed by atoms with E-state index in [4.69, 9.17) is 10.1 Å². The zero-order valence-electron chi connectivity index (χ0n) is 15.0. The normalized spacial score (nSPS) is 21.1. The van der Waals surface area contributed by atoms with Crippen LogP contribution in [0.1, 0.15) is 39.0 Å². The summed E-state index contributed by atoms with van der Waals surface area (Å²) >= 11 is 1.72. The van der Waals surface area contributed by atoms with Crippen molar-refractivity contribution in [1.29, 1.82) is 0 Å². The predicted octanol–water partition coefficient (Wildman–Crippen LogP) is 1.87. The van der Waals surface area contributed by atoms with Crippen molar-refractivity contribution >= 4 is 23.1 Å². The number of hydrogen-bond acceptors (Lipinski definition) is 7. The van der Waals surface area contributed by atoms with Crippen molar-refractivity contribution in [3.63, 3.8) is 0 Å². The lowest BCUT2D eigenvalue weighted by Crippen LogP contribution is -2.48. The molecule has 0 radical (unpaired) electrons. The molecule has 7 heteroatoms. The van der Waals surface area contributed by atoms with Gasteiger partial charge in [-0.3, -0.25) is 9.69 Å². The Labute approximate surface area is 157 Å². The van der Waals surface area contributed by atoms with Crippen LogP contribution >= 0.6 is 11.3 Å². The number of rotatable bonds is 4. The Morgan fingerprint density at radius 1 is 1.23 bits per heavy atom. The zero-order valence-corrected chi connectivity index (χ0v) is 15.8. The molecule has 0 unspecified atom stereocenters. The first-order valence-electron chi connectivity index (χ1n) is 9.18. The molecule has 0 aromatic carbocycles. The number of β-amino-alcohol motifs (C(OH)–C–C–N with tert-alkyl or cyclic N) is 1. The smallest absolute Gasteiger partial charge is 0.225 e. The quantitative estimate of drug-likeness (QED) is 0.884. The fraction of sp³-hybridized carbons (Fsp3) is 0.526. The van der Waals surface area contributed by atoms with Gasteiger partial charge in [0.2, 0.25) is 5.95 Å². The Hall–Kier alpha value is -1.83. The Morgan fingerprint density at radius 3 is 2.73 bits per heavy atom. The van der Waals surface area contributed by atoms with Crippen molar-refractivity contribution in [1.82, 2.24) is 14.9 Å². The van der Waals surface area contributed by atoms with Gasteiger partial charge in [-0.15, -0.1) is 11.3 Å². The van der Waals surface area contributed by atoms with Gasteiger partial charge in [0.15, 0.2) is 5.78 Å². The third-order valence-corrected chi connectivity index (χ3v) is 6.36. The molecule has 138 valence electrons. The highest BCUT2D eigenvalue weighted by Gasteiger charge is 2.31. The molecule has 1 saturated heterocycles. The molecule has 26 heavy (non-hydrogen) atoms. The van der Waals surface area contributed by atoms with Crippen LogP contribution in [0.5, 0.6) is 0 Å². The van der Waals surface area contributed by atoms with Gasteiger partial charge >= 0.3 is 0 Å². The maximum absolute atomic E-state index is 12.7. The second-order valence-corrected chi connectivity index (χ2v) is 8.01. The molecule has 0 spiro atoms. The van der Waals surface area contributed by atoms with E-state index in [0.29, 0.717) is 6.42 Å². The average molecular weight is 372 g/mol. The van der Waals surface area contributed by atoms with Crippen molar-refractivity contribution in [3.8, 4) is 0 Å². The summed E-state index contributed by atoms with van der Waals surface area (Å²) in [5.41, 5.74) is 2.44. The number of aryl methyl sites for hydroxylation is 1. The SMILES string of the molecule is Cc1nc(N2CCN(CCO)CC2)nc2c1C(=O)C[C@@H](c1cccs1)C2. The summed E-state index contributed by atoms with van der Waals surface area (Å²) in [6, 6.07) is 4.16. The summed E-state index contributed by atoms with van der Waals surface area (Å²) in [7, 11) is 0. The van der Waals surface area contributed by atoms with E-state index in [1.165, 1.54) is 4.88 Å². The third kappa shape index (κ3) is 3.39. The number of nitrogens with zero attached hydrogens (tertiary/aromatic N) is 4. The molecule has 0 amide bonds. The number of carbonyl (C=O) groups excluding carboxylic acids is 1. The lowest BCUT2D eigenvalue weighted by Gasteiger charge is -2.35. The summed E-state index contributed by atoms with van der Waals surface area (Å²) in [6.45, 7) is 6.33. The van der Waals surface area contributed by atoms with Crippen LogP contribution in [0.4, 0.5) is 5.95 Å². The van der Waals surface area contributed by atoms with E-state index in [2.05, 4.69) is 26.2 Å². The summed E-state index contributed by atoms with van der Waals surface area (Å²) in [5.74, 6) is 1.14. The summed E-state index contributed by atoms with van der Waals surface area (Å²) < 4.78 is 0. The van der Waals surface area contributed by atoms with E-state index in [-0.39, 0.29) is 18.3 Å². The minimum Gasteiger partial charge on any atom is -0.395 e. The van der Waals surface area contributed by atoms with Crippen LogP contribution in [0.25, 0.3) is 0 Å². The number of thiophene rings is 1. The van der Waals surface area contributed by atoms with Gasteiger partial charge in [0.05, 0.1) is 23.6 Å². The van der Waals surface area contributed by atoms with Gasteiger partial charge < -0.3 is 10.0 Å². The fourth-order valence-corrected chi connectivity index (χ4v) is 4.77. The number of piperazine rings is 1. The molecule has 4 rings (SSSR count). The standard InChI is InChI=1S/C19H24N4O2S/c1-13-18-15(11-14(12-16(18)25)17-3-2-10-26-17)21-19(20-13)23-6-4-22(5-7-23)8-9-24/h2-3,10,14,24H,4-9,11-12H2,1H3/t14-/m0/s1.